The Morgan fingerprint density at radius 1 is 1.40 bits per heavy atom. The number of aromatic nitrogens is 2. The summed E-state index contributed by atoms with van der Waals surface area (Å²) in [4.78, 5) is 0. The number of rotatable bonds is 3. The molecule has 0 aliphatic carbocycles. The van der Waals surface area contributed by atoms with Gasteiger partial charge in [-0.15, -0.1) is 0 Å². The van der Waals surface area contributed by atoms with Gasteiger partial charge in [-0.1, -0.05) is 32.4 Å². The fourth-order valence-electron chi connectivity index (χ4n) is 1.43. The molecule has 86 valence electrons. The minimum absolute atomic E-state index is 0.292. The van der Waals surface area contributed by atoms with Gasteiger partial charge in [0.15, 0.2) is 0 Å². The molecular formula is C11H20ClN3. The van der Waals surface area contributed by atoms with Gasteiger partial charge in [0.2, 0.25) is 0 Å². The van der Waals surface area contributed by atoms with Gasteiger partial charge in [-0.2, -0.15) is 5.10 Å². The maximum Gasteiger partial charge on any atom is 0.0860 e. The maximum absolute atomic E-state index is 6.14. The van der Waals surface area contributed by atoms with Crippen molar-refractivity contribution in [3.8, 4) is 0 Å². The van der Waals surface area contributed by atoms with Gasteiger partial charge in [0.25, 0.3) is 0 Å². The second kappa shape index (κ2) is 4.54. The van der Waals surface area contributed by atoms with Gasteiger partial charge in [-0.3, -0.25) is 4.68 Å². The van der Waals surface area contributed by atoms with Gasteiger partial charge in [-0.05, 0) is 12.3 Å². The van der Waals surface area contributed by atoms with Crippen LogP contribution in [0.4, 0.5) is 0 Å². The van der Waals surface area contributed by atoms with E-state index in [1.54, 1.807) is 0 Å². The minimum atomic E-state index is 0.292. The number of hydrogen-bond donors (Lipinski definition) is 1. The van der Waals surface area contributed by atoms with Crippen molar-refractivity contribution in [1.29, 1.82) is 0 Å². The molecule has 0 aliphatic rings. The molecule has 0 aromatic carbocycles. The summed E-state index contributed by atoms with van der Waals surface area (Å²) in [5.74, 6) is 0. The van der Waals surface area contributed by atoms with Gasteiger partial charge in [0, 0.05) is 20.1 Å². The topological polar surface area (TPSA) is 29.9 Å². The van der Waals surface area contributed by atoms with Crippen molar-refractivity contribution >= 4 is 11.6 Å². The van der Waals surface area contributed by atoms with E-state index >= 15 is 0 Å². The first kappa shape index (κ1) is 12.5. The fourth-order valence-corrected chi connectivity index (χ4v) is 1.65. The summed E-state index contributed by atoms with van der Waals surface area (Å²) in [5, 5.41) is 8.44. The average molecular weight is 230 g/mol. The Labute approximate surface area is 96.8 Å². The van der Waals surface area contributed by atoms with Gasteiger partial charge in [-0.25, -0.2) is 0 Å². The van der Waals surface area contributed by atoms with Crippen LogP contribution < -0.4 is 5.32 Å². The molecule has 1 heterocycles. The SMILES string of the molecule is Cc1nn(C)c(CNCC(C)(C)C)c1Cl. The molecular weight excluding hydrogens is 210 g/mol. The molecule has 0 radical (unpaired) electrons. The molecule has 0 unspecified atom stereocenters. The number of aryl methyl sites for hydroxylation is 2. The molecule has 3 nitrogen and oxygen atoms in total. The molecule has 0 fully saturated rings. The number of halogens is 1. The maximum atomic E-state index is 6.14. The highest BCUT2D eigenvalue weighted by atomic mass is 35.5. The second-order valence-corrected chi connectivity index (χ2v) is 5.51. The minimum Gasteiger partial charge on any atom is -0.311 e. The van der Waals surface area contributed by atoms with Crippen LogP contribution in [0.2, 0.25) is 5.02 Å². The Morgan fingerprint density at radius 2 is 2.00 bits per heavy atom. The first-order valence-electron chi connectivity index (χ1n) is 5.20. The Morgan fingerprint density at radius 3 is 2.40 bits per heavy atom. The van der Waals surface area contributed by atoms with Crippen LogP contribution in [0.1, 0.15) is 32.2 Å². The molecule has 0 amide bonds. The zero-order valence-corrected chi connectivity index (χ0v) is 10.9. The van der Waals surface area contributed by atoms with Crippen LogP contribution >= 0.6 is 11.6 Å². The summed E-state index contributed by atoms with van der Waals surface area (Å²) >= 11 is 6.14. The fraction of sp³-hybridized carbons (Fsp3) is 0.727. The molecule has 0 saturated heterocycles. The molecule has 0 aliphatic heterocycles. The third kappa shape index (κ3) is 3.50. The third-order valence-corrected chi connectivity index (χ3v) is 2.70. The predicted molar refractivity (Wildman–Crippen MR) is 64.1 cm³/mol. The average Bonchev–Trinajstić information content (AvgIpc) is 2.29. The van der Waals surface area contributed by atoms with Crippen molar-refractivity contribution in [3.05, 3.63) is 16.4 Å². The van der Waals surface area contributed by atoms with Crippen LogP contribution in [0.15, 0.2) is 0 Å². The van der Waals surface area contributed by atoms with Crippen molar-refractivity contribution in [2.45, 2.75) is 34.2 Å². The second-order valence-electron chi connectivity index (χ2n) is 5.13. The molecule has 15 heavy (non-hydrogen) atoms. The number of nitrogens with zero attached hydrogens (tertiary/aromatic N) is 2. The predicted octanol–water partition coefficient (Wildman–Crippen LogP) is 2.52. The summed E-state index contributed by atoms with van der Waals surface area (Å²) < 4.78 is 1.84. The highest BCUT2D eigenvalue weighted by Gasteiger charge is 2.13. The van der Waals surface area contributed by atoms with E-state index in [0.29, 0.717) is 5.41 Å². The first-order valence-corrected chi connectivity index (χ1v) is 5.58. The van der Waals surface area contributed by atoms with Crippen LogP contribution in [0.3, 0.4) is 0 Å². The third-order valence-electron chi connectivity index (χ3n) is 2.21. The summed E-state index contributed by atoms with van der Waals surface area (Å²) in [6.07, 6.45) is 0. The van der Waals surface area contributed by atoms with Crippen LogP contribution in [0, 0.1) is 12.3 Å². The molecule has 0 spiro atoms. The highest BCUT2D eigenvalue weighted by molar-refractivity contribution is 6.31. The van der Waals surface area contributed by atoms with Crippen molar-refractivity contribution in [2.24, 2.45) is 12.5 Å². The van der Waals surface area contributed by atoms with E-state index in [0.717, 1.165) is 29.5 Å². The van der Waals surface area contributed by atoms with E-state index < -0.39 is 0 Å². The van der Waals surface area contributed by atoms with E-state index in [1.807, 2.05) is 18.7 Å². The molecule has 0 bridgehead atoms. The van der Waals surface area contributed by atoms with Crippen LogP contribution in [-0.2, 0) is 13.6 Å². The lowest BCUT2D eigenvalue weighted by molar-refractivity contribution is 0.376. The molecule has 1 rings (SSSR count). The lowest BCUT2D eigenvalue weighted by atomic mass is 9.97. The molecule has 0 saturated carbocycles. The Bertz CT molecular complexity index is 336. The van der Waals surface area contributed by atoms with E-state index in [-0.39, 0.29) is 0 Å². The zero-order valence-electron chi connectivity index (χ0n) is 10.2. The summed E-state index contributed by atoms with van der Waals surface area (Å²) in [6, 6.07) is 0. The summed E-state index contributed by atoms with van der Waals surface area (Å²) in [7, 11) is 1.92. The van der Waals surface area contributed by atoms with E-state index in [1.165, 1.54) is 0 Å². The molecule has 1 aromatic rings. The quantitative estimate of drug-likeness (QED) is 0.863. The van der Waals surface area contributed by atoms with Gasteiger partial charge in [0.05, 0.1) is 16.4 Å². The standard InChI is InChI=1S/C11H20ClN3/c1-8-10(12)9(15(5)14-8)6-13-7-11(2,3)4/h13H,6-7H2,1-5H3. The Balaban J connectivity index is 2.58. The van der Waals surface area contributed by atoms with E-state index in [4.69, 9.17) is 11.6 Å². The highest BCUT2D eigenvalue weighted by Crippen LogP contribution is 2.19. The lowest BCUT2D eigenvalue weighted by Gasteiger charge is -2.18. The van der Waals surface area contributed by atoms with Gasteiger partial charge in [0.1, 0.15) is 0 Å². The normalized spacial score (nSPS) is 12.1. The first-order chi connectivity index (χ1) is 6.81. The molecule has 4 heteroatoms. The van der Waals surface area contributed by atoms with Crippen LogP contribution in [-0.4, -0.2) is 16.3 Å². The van der Waals surface area contributed by atoms with E-state index in [2.05, 4.69) is 31.2 Å². The number of nitrogens with one attached hydrogen (secondary N) is 1. The lowest BCUT2D eigenvalue weighted by Crippen LogP contribution is -2.27. The monoisotopic (exact) mass is 229 g/mol. The summed E-state index contributed by atoms with van der Waals surface area (Å²) in [5.41, 5.74) is 2.24. The van der Waals surface area contributed by atoms with Crippen molar-refractivity contribution in [2.75, 3.05) is 6.54 Å². The zero-order chi connectivity index (χ0) is 11.6. The molecule has 1 N–H and O–H groups in total. The largest absolute Gasteiger partial charge is 0.311 e. The van der Waals surface area contributed by atoms with Crippen molar-refractivity contribution in [1.82, 2.24) is 15.1 Å². The Hall–Kier alpha value is -0.540. The van der Waals surface area contributed by atoms with Crippen molar-refractivity contribution in [3.63, 3.8) is 0 Å². The molecule has 0 atom stereocenters. The van der Waals surface area contributed by atoms with Crippen LogP contribution in [0.25, 0.3) is 0 Å². The molecule has 1 aromatic heterocycles. The van der Waals surface area contributed by atoms with Gasteiger partial charge < -0.3 is 5.32 Å². The smallest absolute Gasteiger partial charge is 0.0860 e. The van der Waals surface area contributed by atoms with E-state index in [9.17, 15) is 0 Å². The summed E-state index contributed by atoms with van der Waals surface area (Å²) in [6.45, 7) is 10.3. The van der Waals surface area contributed by atoms with Crippen LogP contribution in [0.5, 0.6) is 0 Å². The van der Waals surface area contributed by atoms with Gasteiger partial charge >= 0.3 is 0 Å². The van der Waals surface area contributed by atoms with Crippen molar-refractivity contribution < 1.29 is 0 Å². The Kier molecular flexibility index (Phi) is 3.79. The number of hydrogen-bond acceptors (Lipinski definition) is 2.